The number of ether oxygens (including phenoxy) is 3. The first-order valence-electron chi connectivity index (χ1n) is 15.4. The molecule has 0 bridgehead atoms. The van der Waals surface area contributed by atoms with Crippen molar-refractivity contribution in [3.05, 3.63) is 59.7 Å². The molecule has 0 aromatic heterocycles. The number of fused-ring (bicyclic) bond motifs is 3. The molecule has 0 radical (unpaired) electrons. The van der Waals surface area contributed by atoms with Crippen LogP contribution in [0.1, 0.15) is 43.2 Å². The van der Waals surface area contributed by atoms with Crippen LogP contribution >= 0.6 is 0 Å². The molecule has 1 heterocycles. The van der Waals surface area contributed by atoms with Crippen molar-refractivity contribution in [3.8, 4) is 11.1 Å². The first-order chi connectivity index (χ1) is 22.1. The Labute approximate surface area is 267 Å². The molecular formula is C33H41N3O10. The van der Waals surface area contributed by atoms with Gasteiger partial charge in [-0.05, 0) is 42.0 Å². The van der Waals surface area contributed by atoms with Gasteiger partial charge in [-0.1, -0.05) is 48.5 Å². The maximum Gasteiger partial charge on any atom is 0.407 e. The Kier molecular flexibility index (Phi) is 12.1. The summed E-state index contributed by atoms with van der Waals surface area (Å²) >= 11 is 0. The predicted octanol–water partition coefficient (Wildman–Crippen LogP) is 2.48. The number of aliphatic carboxylic acids is 2. The molecular weight excluding hydrogens is 598 g/mol. The first-order valence-corrected chi connectivity index (χ1v) is 15.4. The predicted molar refractivity (Wildman–Crippen MR) is 165 cm³/mol. The molecule has 46 heavy (non-hydrogen) atoms. The van der Waals surface area contributed by atoms with Crippen LogP contribution in [-0.4, -0.2) is 104 Å². The van der Waals surface area contributed by atoms with E-state index in [-0.39, 0.29) is 64.8 Å². The van der Waals surface area contributed by atoms with Gasteiger partial charge >= 0.3 is 18.0 Å². The molecule has 0 saturated carbocycles. The van der Waals surface area contributed by atoms with Crippen LogP contribution in [0.5, 0.6) is 0 Å². The highest BCUT2D eigenvalue weighted by molar-refractivity contribution is 5.86. The van der Waals surface area contributed by atoms with Gasteiger partial charge in [0.05, 0.1) is 44.7 Å². The molecule has 4 rings (SSSR count). The Hall–Kier alpha value is -4.49. The number of hydrogen-bond acceptors (Lipinski definition) is 8. The largest absolute Gasteiger partial charge is 0.481 e. The molecule has 4 unspecified atom stereocenters. The molecule has 4 N–H and O–H groups in total. The minimum absolute atomic E-state index is 0.000821. The second-order valence-electron chi connectivity index (χ2n) is 11.4. The number of carbonyl (C=O) groups is 5. The molecule has 2 aromatic rings. The van der Waals surface area contributed by atoms with Gasteiger partial charge in [-0.3, -0.25) is 19.2 Å². The van der Waals surface area contributed by atoms with Crippen LogP contribution in [0.2, 0.25) is 0 Å². The topological polar surface area (TPSA) is 181 Å². The standard InChI is InChI=1S/C33H41N3O10/c1-20-29(32(41)42)25(31(39)40)11-12-27(30(38)34-14-16-45-18-17-44-15-13-28(37)36(20)2)35-33(43)46-19-26-23-9-5-3-7-21(23)22-8-4-6-10-24(22)26/h3-10,20,25-27,29H,11-19H2,1-2H3,(H,34,38)(H,35,43)(H,39,40)(H,41,42). The van der Waals surface area contributed by atoms with Crippen LogP contribution in [0.3, 0.4) is 0 Å². The number of nitrogens with one attached hydrogen (secondary N) is 2. The molecule has 0 spiro atoms. The normalized spacial score (nSPS) is 23.7. The van der Waals surface area contributed by atoms with Crippen LogP contribution in [-0.2, 0) is 33.4 Å². The van der Waals surface area contributed by atoms with Crippen molar-refractivity contribution in [1.29, 1.82) is 0 Å². The molecule has 1 fully saturated rings. The molecule has 1 aliphatic carbocycles. The Morgan fingerprint density at radius 2 is 1.52 bits per heavy atom. The van der Waals surface area contributed by atoms with Gasteiger partial charge in [0.15, 0.2) is 0 Å². The molecule has 1 saturated heterocycles. The minimum Gasteiger partial charge on any atom is -0.481 e. The first kappa shape index (κ1) is 34.4. The lowest BCUT2D eigenvalue weighted by atomic mass is 9.82. The Bertz CT molecular complexity index is 1370. The van der Waals surface area contributed by atoms with Gasteiger partial charge in [-0.15, -0.1) is 0 Å². The molecule has 13 nitrogen and oxygen atoms in total. The van der Waals surface area contributed by atoms with Crippen LogP contribution in [0, 0.1) is 11.8 Å². The zero-order valence-corrected chi connectivity index (χ0v) is 26.0. The monoisotopic (exact) mass is 639 g/mol. The second kappa shape index (κ2) is 16.2. The van der Waals surface area contributed by atoms with E-state index in [0.29, 0.717) is 0 Å². The summed E-state index contributed by atoms with van der Waals surface area (Å²) in [5.41, 5.74) is 4.13. The van der Waals surface area contributed by atoms with Crippen LogP contribution in [0.4, 0.5) is 4.79 Å². The van der Waals surface area contributed by atoms with Crippen molar-refractivity contribution in [2.24, 2.45) is 11.8 Å². The van der Waals surface area contributed by atoms with E-state index in [0.717, 1.165) is 22.3 Å². The van der Waals surface area contributed by atoms with E-state index in [9.17, 15) is 34.2 Å². The van der Waals surface area contributed by atoms with Crippen LogP contribution in [0.25, 0.3) is 11.1 Å². The lowest BCUT2D eigenvalue weighted by Gasteiger charge is -2.33. The van der Waals surface area contributed by atoms with E-state index in [1.807, 2.05) is 48.5 Å². The van der Waals surface area contributed by atoms with Gasteiger partial charge in [0.2, 0.25) is 11.8 Å². The number of alkyl carbamates (subject to hydrolysis) is 1. The molecule has 13 heteroatoms. The summed E-state index contributed by atoms with van der Waals surface area (Å²) in [7, 11) is 1.41. The van der Waals surface area contributed by atoms with Gasteiger partial charge in [-0.25, -0.2) is 4.79 Å². The van der Waals surface area contributed by atoms with Crippen molar-refractivity contribution in [1.82, 2.24) is 15.5 Å². The van der Waals surface area contributed by atoms with Crippen LogP contribution < -0.4 is 10.6 Å². The minimum atomic E-state index is -1.49. The zero-order valence-electron chi connectivity index (χ0n) is 26.0. The third kappa shape index (κ3) is 8.40. The number of hydrogen-bond donors (Lipinski definition) is 4. The highest BCUT2D eigenvalue weighted by Crippen LogP contribution is 2.44. The number of nitrogens with zero attached hydrogens (tertiary/aromatic N) is 1. The molecule has 3 amide bonds. The summed E-state index contributed by atoms with van der Waals surface area (Å²) in [4.78, 5) is 64.9. The van der Waals surface area contributed by atoms with Crippen molar-refractivity contribution in [3.63, 3.8) is 0 Å². The third-order valence-corrected chi connectivity index (χ3v) is 8.66. The number of carboxylic acid groups (broad SMARTS) is 2. The lowest BCUT2D eigenvalue weighted by Crippen LogP contribution is -2.50. The van der Waals surface area contributed by atoms with Crippen molar-refractivity contribution >= 4 is 29.8 Å². The Balaban J connectivity index is 1.50. The maximum atomic E-state index is 13.2. The Morgan fingerprint density at radius 1 is 0.913 bits per heavy atom. The zero-order chi connectivity index (χ0) is 33.2. The average Bonchev–Trinajstić information content (AvgIpc) is 3.36. The fourth-order valence-corrected chi connectivity index (χ4v) is 6.06. The Morgan fingerprint density at radius 3 is 2.13 bits per heavy atom. The smallest absolute Gasteiger partial charge is 0.407 e. The van der Waals surface area contributed by atoms with Gasteiger partial charge in [0, 0.05) is 25.6 Å². The molecule has 2 aromatic carbocycles. The number of rotatable bonds is 5. The summed E-state index contributed by atoms with van der Waals surface area (Å²) in [5, 5.41) is 25.3. The average molecular weight is 640 g/mol. The van der Waals surface area contributed by atoms with E-state index >= 15 is 0 Å². The fourth-order valence-electron chi connectivity index (χ4n) is 6.06. The number of carbonyl (C=O) groups excluding carboxylic acids is 3. The van der Waals surface area contributed by atoms with Gasteiger partial charge in [0.1, 0.15) is 12.6 Å². The number of benzene rings is 2. The van der Waals surface area contributed by atoms with Gasteiger partial charge < -0.3 is 40.0 Å². The molecule has 248 valence electrons. The molecule has 4 atom stereocenters. The summed E-state index contributed by atoms with van der Waals surface area (Å²) in [5.74, 6) is -6.98. The quantitative estimate of drug-likeness (QED) is 0.380. The number of carboxylic acids is 2. The summed E-state index contributed by atoms with van der Waals surface area (Å²) in [6.45, 7) is 2.22. The van der Waals surface area contributed by atoms with E-state index in [2.05, 4.69) is 10.6 Å². The summed E-state index contributed by atoms with van der Waals surface area (Å²) < 4.78 is 16.5. The van der Waals surface area contributed by atoms with Gasteiger partial charge in [0.25, 0.3) is 0 Å². The van der Waals surface area contributed by atoms with Crippen molar-refractivity contribution < 1.29 is 48.4 Å². The van der Waals surface area contributed by atoms with E-state index in [4.69, 9.17) is 14.2 Å². The SMILES string of the molecule is CC1C(C(=O)O)C(C(=O)O)CCC(NC(=O)OCC2c3ccccc3-c3ccccc32)C(=O)NCCOCCOCCC(=O)N1C. The van der Waals surface area contributed by atoms with Gasteiger partial charge in [-0.2, -0.15) is 0 Å². The van der Waals surface area contributed by atoms with E-state index in [1.165, 1.54) is 18.9 Å². The molecule has 2 aliphatic rings. The fraction of sp³-hybridized carbons (Fsp3) is 0.485. The summed E-state index contributed by atoms with van der Waals surface area (Å²) in [6, 6.07) is 13.5. The molecule has 1 aliphatic heterocycles. The van der Waals surface area contributed by atoms with Crippen LogP contribution in [0.15, 0.2) is 48.5 Å². The highest BCUT2D eigenvalue weighted by Gasteiger charge is 2.41. The van der Waals surface area contributed by atoms with E-state index in [1.54, 1.807) is 0 Å². The maximum absolute atomic E-state index is 13.2. The highest BCUT2D eigenvalue weighted by atomic mass is 16.5. The van der Waals surface area contributed by atoms with E-state index < -0.39 is 53.8 Å². The third-order valence-electron chi connectivity index (χ3n) is 8.66. The van der Waals surface area contributed by atoms with Crippen molar-refractivity contribution in [2.75, 3.05) is 46.6 Å². The summed E-state index contributed by atoms with van der Waals surface area (Å²) in [6.07, 6.45) is -1.37. The lowest BCUT2D eigenvalue weighted by molar-refractivity contribution is -0.158. The number of amides is 3. The van der Waals surface area contributed by atoms with Crippen molar-refractivity contribution in [2.45, 2.75) is 44.2 Å². The second-order valence-corrected chi connectivity index (χ2v) is 11.4.